The van der Waals surface area contributed by atoms with Crippen LogP contribution in [0.5, 0.6) is 0 Å². The number of fused-ring (bicyclic) bond motifs is 1. The van der Waals surface area contributed by atoms with Crippen molar-refractivity contribution in [3.05, 3.63) is 29.3 Å². The zero-order valence-electron chi connectivity index (χ0n) is 12.7. The smallest absolute Gasteiger partial charge is 0.184 e. The Labute approximate surface area is 127 Å². The molecule has 2 heterocycles. The third kappa shape index (κ3) is 2.35. The maximum Gasteiger partial charge on any atom is 0.184 e. The van der Waals surface area contributed by atoms with Crippen molar-refractivity contribution in [1.82, 2.24) is 14.5 Å². The quantitative estimate of drug-likeness (QED) is 0.916. The third-order valence-corrected chi connectivity index (χ3v) is 4.14. The number of nitrogens with one attached hydrogen (secondary N) is 1. The van der Waals surface area contributed by atoms with Gasteiger partial charge in [0.1, 0.15) is 5.52 Å². The predicted octanol–water partition coefficient (Wildman–Crippen LogP) is 1.57. The number of nitrogens with zero attached hydrogens (tertiary/aromatic N) is 4. The number of aromatic nitrogens is 2. The lowest BCUT2D eigenvalue weighted by atomic mass is 10.2. The summed E-state index contributed by atoms with van der Waals surface area (Å²) in [6.45, 7) is 5.53. The van der Waals surface area contributed by atoms with Crippen LogP contribution in [0.3, 0.4) is 0 Å². The van der Waals surface area contributed by atoms with E-state index in [1.165, 1.54) is 10.6 Å². The molecule has 2 aromatic rings. The van der Waals surface area contributed by atoms with Gasteiger partial charge in [-0.15, -0.1) is 0 Å². The number of benzene rings is 1. The lowest BCUT2D eigenvalue weighted by Crippen LogP contribution is -2.47. The van der Waals surface area contributed by atoms with Crippen molar-refractivity contribution in [2.45, 2.75) is 13.5 Å². The van der Waals surface area contributed by atoms with Crippen LogP contribution < -0.4 is 10.4 Å². The number of aryl methyl sites for hydroxylation is 1. The number of hydrogen-bond acceptors (Lipinski definition) is 4. The van der Waals surface area contributed by atoms with Gasteiger partial charge in [0.15, 0.2) is 22.9 Å². The van der Waals surface area contributed by atoms with Gasteiger partial charge in [-0.2, -0.15) is 0 Å². The van der Waals surface area contributed by atoms with Gasteiger partial charge < -0.3 is 14.4 Å². The summed E-state index contributed by atoms with van der Waals surface area (Å²) in [4.78, 5) is 8.68. The minimum atomic E-state index is -0.940. The fourth-order valence-electron chi connectivity index (χ4n) is 2.83. The Bertz CT molecular complexity index is 763. The van der Waals surface area contributed by atoms with Gasteiger partial charge in [-0.25, -0.2) is 13.8 Å². The van der Waals surface area contributed by atoms with Crippen LogP contribution in [0.4, 0.5) is 14.6 Å². The molecule has 1 fully saturated rings. The molecule has 1 aliphatic rings. The van der Waals surface area contributed by atoms with Crippen molar-refractivity contribution >= 4 is 16.9 Å². The summed E-state index contributed by atoms with van der Waals surface area (Å²) in [6.07, 6.45) is 0. The van der Waals surface area contributed by atoms with Gasteiger partial charge in [0.25, 0.3) is 0 Å². The molecule has 118 valence electrons. The molecule has 0 aliphatic carbocycles. The van der Waals surface area contributed by atoms with Gasteiger partial charge >= 0.3 is 0 Å². The number of hydrogen-bond donors (Lipinski definition) is 1. The number of piperazine rings is 1. The maximum atomic E-state index is 14.1. The third-order valence-electron chi connectivity index (χ3n) is 4.14. The SMILES string of the molecule is CCn1c(=N)c(N2CCN(C)CC2)nc2ccc(F)c(F)c21. The average molecular weight is 307 g/mol. The molecule has 1 aliphatic heterocycles. The zero-order valence-corrected chi connectivity index (χ0v) is 12.7. The molecule has 5 nitrogen and oxygen atoms in total. The number of halogens is 2. The van der Waals surface area contributed by atoms with Crippen molar-refractivity contribution in [2.24, 2.45) is 0 Å². The molecule has 0 unspecified atom stereocenters. The first-order valence-electron chi connectivity index (χ1n) is 7.39. The molecule has 0 amide bonds. The summed E-state index contributed by atoms with van der Waals surface area (Å²) in [6, 6.07) is 2.56. The van der Waals surface area contributed by atoms with Gasteiger partial charge in [0.05, 0.1) is 5.52 Å². The highest BCUT2D eigenvalue weighted by molar-refractivity contribution is 5.77. The van der Waals surface area contributed by atoms with Crippen LogP contribution in [0.1, 0.15) is 6.92 Å². The van der Waals surface area contributed by atoms with Crippen LogP contribution in [0.2, 0.25) is 0 Å². The molecular formula is C15H19F2N5. The van der Waals surface area contributed by atoms with Crippen molar-refractivity contribution in [2.75, 3.05) is 38.1 Å². The molecule has 1 aromatic carbocycles. The second-order valence-corrected chi connectivity index (χ2v) is 5.55. The van der Waals surface area contributed by atoms with Gasteiger partial charge in [0, 0.05) is 32.7 Å². The maximum absolute atomic E-state index is 14.1. The number of anilines is 1. The highest BCUT2D eigenvalue weighted by atomic mass is 19.2. The Morgan fingerprint density at radius 1 is 1.18 bits per heavy atom. The van der Waals surface area contributed by atoms with Crippen LogP contribution in [-0.2, 0) is 6.54 Å². The molecule has 3 rings (SSSR count). The molecule has 0 spiro atoms. The van der Waals surface area contributed by atoms with E-state index in [0.717, 1.165) is 32.2 Å². The topological polar surface area (TPSA) is 48.2 Å². The monoisotopic (exact) mass is 307 g/mol. The van der Waals surface area contributed by atoms with Gasteiger partial charge in [-0.1, -0.05) is 0 Å². The van der Waals surface area contributed by atoms with Gasteiger partial charge in [-0.05, 0) is 26.1 Å². The zero-order chi connectivity index (χ0) is 15.9. The van der Waals surface area contributed by atoms with Crippen LogP contribution in [0, 0.1) is 17.0 Å². The summed E-state index contributed by atoms with van der Waals surface area (Å²) in [7, 11) is 2.05. The predicted molar refractivity (Wildman–Crippen MR) is 80.9 cm³/mol. The largest absolute Gasteiger partial charge is 0.351 e. The van der Waals surface area contributed by atoms with E-state index in [4.69, 9.17) is 5.41 Å². The molecule has 1 saturated heterocycles. The summed E-state index contributed by atoms with van der Waals surface area (Å²) in [5.41, 5.74) is 0.570. The Morgan fingerprint density at radius 3 is 2.50 bits per heavy atom. The van der Waals surface area contributed by atoms with Crippen molar-refractivity contribution in [3.8, 4) is 0 Å². The average Bonchev–Trinajstić information content (AvgIpc) is 2.52. The Kier molecular flexibility index (Phi) is 3.82. The Balaban J connectivity index is 2.19. The van der Waals surface area contributed by atoms with Crippen LogP contribution in [0.15, 0.2) is 12.1 Å². The molecule has 0 saturated carbocycles. The van der Waals surface area contributed by atoms with Gasteiger partial charge in [-0.3, -0.25) is 5.41 Å². The molecule has 1 N–H and O–H groups in total. The molecule has 1 aromatic heterocycles. The van der Waals surface area contributed by atoms with Crippen molar-refractivity contribution < 1.29 is 8.78 Å². The highest BCUT2D eigenvalue weighted by Crippen LogP contribution is 2.20. The van der Waals surface area contributed by atoms with E-state index in [0.29, 0.717) is 17.9 Å². The fraction of sp³-hybridized carbons (Fsp3) is 0.467. The van der Waals surface area contributed by atoms with E-state index in [-0.39, 0.29) is 11.0 Å². The second-order valence-electron chi connectivity index (χ2n) is 5.55. The van der Waals surface area contributed by atoms with E-state index in [1.54, 1.807) is 0 Å². The van der Waals surface area contributed by atoms with Crippen LogP contribution >= 0.6 is 0 Å². The fourth-order valence-corrected chi connectivity index (χ4v) is 2.83. The van der Waals surface area contributed by atoms with Crippen molar-refractivity contribution in [1.29, 1.82) is 5.41 Å². The molecule has 22 heavy (non-hydrogen) atoms. The minimum Gasteiger partial charge on any atom is -0.351 e. The van der Waals surface area contributed by atoms with Crippen molar-refractivity contribution in [3.63, 3.8) is 0 Å². The van der Waals surface area contributed by atoms with E-state index in [1.807, 2.05) is 11.8 Å². The first kappa shape index (κ1) is 14.9. The summed E-state index contributed by atoms with van der Waals surface area (Å²) < 4.78 is 29.1. The highest BCUT2D eigenvalue weighted by Gasteiger charge is 2.20. The van der Waals surface area contributed by atoms with Crippen LogP contribution in [-0.4, -0.2) is 47.7 Å². The molecule has 0 atom stereocenters. The molecule has 0 bridgehead atoms. The first-order valence-corrected chi connectivity index (χ1v) is 7.39. The van der Waals surface area contributed by atoms with Gasteiger partial charge in [0.2, 0.25) is 0 Å². The normalized spacial score (nSPS) is 16.5. The number of likely N-dealkylation sites (N-methyl/N-ethyl adjacent to an activating group) is 1. The van der Waals surface area contributed by atoms with Crippen LogP contribution in [0.25, 0.3) is 11.0 Å². The lowest BCUT2D eigenvalue weighted by molar-refractivity contribution is 0.311. The lowest BCUT2D eigenvalue weighted by Gasteiger charge is -2.33. The van der Waals surface area contributed by atoms with E-state index in [9.17, 15) is 8.78 Å². The summed E-state index contributed by atoms with van der Waals surface area (Å²) >= 11 is 0. The summed E-state index contributed by atoms with van der Waals surface area (Å²) in [5.74, 6) is -1.32. The molecule has 7 heteroatoms. The Hall–Kier alpha value is -2.02. The second kappa shape index (κ2) is 5.64. The van der Waals surface area contributed by atoms with E-state index >= 15 is 0 Å². The molecule has 0 radical (unpaired) electrons. The standard InChI is InChI=1S/C15H19F2N5/c1-3-22-13-11(5-4-10(16)12(13)17)19-15(14(22)18)21-8-6-20(2)7-9-21/h4-5,18H,3,6-9H2,1-2H3. The minimum absolute atomic E-state index is 0.0605. The summed E-state index contributed by atoms with van der Waals surface area (Å²) in [5, 5.41) is 8.34. The number of rotatable bonds is 2. The first-order chi connectivity index (χ1) is 10.5. The Morgan fingerprint density at radius 2 is 1.86 bits per heavy atom. The van der Waals surface area contributed by atoms with E-state index < -0.39 is 11.6 Å². The van der Waals surface area contributed by atoms with E-state index in [2.05, 4.69) is 16.9 Å². The molecular weight excluding hydrogens is 288 g/mol.